The van der Waals surface area contributed by atoms with Crippen molar-refractivity contribution in [3.05, 3.63) is 29.3 Å². The molecule has 0 spiro atoms. The summed E-state index contributed by atoms with van der Waals surface area (Å²) in [6.45, 7) is 3.21. The van der Waals surface area contributed by atoms with Gasteiger partial charge in [-0.3, -0.25) is 9.67 Å². The van der Waals surface area contributed by atoms with Crippen LogP contribution >= 0.6 is 0 Å². The second-order valence-corrected chi connectivity index (χ2v) is 4.96. The number of rotatable bonds is 3. The van der Waals surface area contributed by atoms with E-state index >= 15 is 0 Å². The SMILES string of the molecule is Cc1c(-c2cc(OC3CNC3)c(F)cn2)nn(C)c1C#N. The lowest BCUT2D eigenvalue weighted by atomic mass is 10.1. The van der Waals surface area contributed by atoms with Gasteiger partial charge in [0.25, 0.3) is 0 Å². The lowest BCUT2D eigenvalue weighted by Crippen LogP contribution is -2.50. The Kier molecular flexibility index (Phi) is 3.31. The zero-order valence-electron chi connectivity index (χ0n) is 11.7. The van der Waals surface area contributed by atoms with Gasteiger partial charge in [0.1, 0.15) is 23.6 Å². The molecule has 0 aliphatic carbocycles. The van der Waals surface area contributed by atoms with E-state index in [1.54, 1.807) is 14.0 Å². The lowest BCUT2D eigenvalue weighted by molar-refractivity contribution is 0.136. The van der Waals surface area contributed by atoms with Crippen LogP contribution in [0.4, 0.5) is 4.39 Å². The van der Waals surface area contributed by atoms with Gasteiger partial charge in [0.05, 0.1) is 11.9 Å². The summed E-state index contributed by atoms with van der Waals surface area (Å²) in [6, 6.07) is 3.62. The number of halogens is 1. The molecule has 0 amide bonds. The molecule has 3 heterocycles. The molecule has 1 aliphatic rings. The predicted molar refractivity (Wildman–Crippen MR) is 73.1 cm³/mol. The predicted octanol–water partition coefficient (Wildman–Crippen LogP) is 1.15. The van der Waals surface area contributed by atoms with Gasteiger partial charge in [-0.1, -0.05) is 0 Å². The first kappa shape index (κ1) is 13.5. The molecule has 3 rings (SSSR count). The van der Waals surface area contributed by atoms with E-state index in [9.17, 15) is 4.39 Å². The van der Waals surface area contributed by atoms with Crippen LogP contribution in [0.1, 0.15) is 11.3 Å². The van der Waals surface area contributed by atoms with Crippen LogP contribution in [0, 0.1) is 24.1 Å². The molecule has 1 N–H and O–H groups in total. The van der Waals surface area contributed by atoms with E-state index in [0.29, 0.717) is 30.2 Å². The van der Waals surface area contributed by atoms with Gasteiger partial charge in [-0.05, 0) is 6.92 Å². The molecule has 21 heavy (non-hydrogen) atoms. The van der Waals surface area contributed by atoms with Gasteiger partial charge < -0.3 is 10.1 Å². The first-order chi connectivity index (χ1) is 10.1. The van der Waals surface area contributed by atoms with Crippen molar-refractivity contribution in [3.63, 3.8) is 0 Å². The summed E-state index contributed by atoms with van der Waals surface area (Å²) in [7, 11) is 1.69. The highest BCUT2D eigenvalue weighted by molar-refractivity contribution is 5.62. The number of hydrogen-bond acceptors (Lipinski definition) is 5. The lowest BCUT2D eigenvalue weighted by Gasteiger charge is -2.27. The molecule has 0 saturated carbocycles. The van der Waals surface area contributed by atoms with Crippen molar-refractivity contribution in [1.82, 2.24) is 20.1 Å². The standard InChI is InChI=1S/C14H14FN5O/c1-8-12(4-16)20(2)19-14(8)11-3-13(10(15)7-18-11)21-9-5-17-6-9/h3,7,9,17H,5-6H2,1-2H3. The molecule has 108 valence electrons. The van der Waals surface area contributed by atoms with Crippen molar-refractivity contribution in [2.24, 2.45) is 7.05 Å². The van der Waals surface area contributed by atoms with E-state index in [-0.39, 0.29) is 11.9 Å². The minimum atomic E-state index is -0.500. The van der Waals surface area contributed by atoms with Crippen molar-refractivity contribution < 1.29 is 9.13 Å². The summed E-state index contributed by atoms with van der Waals surface area (Å²) in [4.78, 5) is 4.05. The van der Waals surface area contributed by atoms with E-state index in [1.807, 2.05) is 0 Å². The molecule has 2 aromatic heterocycles. The van der Waals surface area contributed by atoms with E-state index in [2.05, 4.69) is 21.5 Å². The quantitative estimate of drug-likeness (QED) is 0.916. The Morgan fingerprint density at radius 1 is 1.52 bits per heavy atom. The van der Waals surface area contributed by atoms with E-state index < -0.39 is 5.82 Å². The van der Waals surface area contributed by atoms with Crippen molar-refractivity contribution in [1.29, 1.82) is 5.26 Å². The highest BCUT2D eigenvalue weighted by atomic mass is 19.1. The van der Waals surface area contributed by atoms with Gasteiger partial charge in [-0.15, -0.1) is 0 Å². The number of aromatic nitrogens is 3. The number of nitriles is 1. The Morgan fingerprint density at radius 2 is 2.29 bits per heavy atom. The Hall–Kier alpha value is -2.46. The zero-order valence-corrected chi connectivity index (χ0v) is 11.7. The Balaban J connectivity index is 1.99. The summed E-state index contributed by atoms with van der Waals surface area (Å²) < 4.78 is 20.8. The highest BCUT2D eigenvalue weighted by Gasteiger charge is 2.22. The van der Waals surface area contributed by atoms with Crippen LogP contribution in [0.25, 0.3) is 11.4 Å². The van der Waals surface area contributed by atoms with Crippen LogP contribution < -0.4 is 10.1 Å². The number of nitrogens with one attached hydrogen (secondary N) is 1. The van der Waals surface area contributed by atoms with Crippen LogP contribution in [0.5, 0.6) is 5.75 Å². The highest BCUT2D eigenvalue weighted by Crippen LogP contribution is 2.27. The van der Waals surface area contributed by atoms with Crippen molar-refractivity contribution >= 4 is 0 Å². The molecule has 0 bridgehead atoms. The first-order valence-corrected chi connectivity index (χ1v) is 6.57. The van der Waals surface area contributed by atoms with Gasteiger partial charge in [0, 0.05) is 31.8 Å². The van der Waals surface area contributed by atoms with Crippen LogP contribution in [0.3, 0.4) is 0 Å². The largest absolute Gasteiger partial charge is 0.485 e. The van der Waals surface area contributed by atoms with Gasteiger partial charge in [-0.25, -0.2) is 4.39 Å². The third-order valence-electron chi connectivity index (χ3n) is 3.49. The van der Waals surface area contributed by atoms with Crippen LogP contribution in [-0.4, -0.2) is 34.0 Å². The third-order valence-corrected chi connectivity index (χ3v) is 3.49. The average molecular weight is 287 g/mol. The topological polar surface area (TPSA) is 75.8 Å². The smallest absolute Gasteiger partial charge is 0.183 e. The minimum Gasteiger partial charge on any atom is -0.485 e. The van der Waals surface area contributed by atoms with Crippen LogP contribution in [0.2, 0.25) is 0 Å². The first-order valence-electron chi connectivity index (χ1n) is 6.57. The van der Waals surface area contributed by atoms with Gasteiger partial charge in [-0.2, -0.15) is 10.4 Å². The Labute approximate surface area is 121 Å². The zero-order chi connectivity index (χ0) is 15.0. The fourth-order valence-electron chi connectivity index (χ4n) is 2.19. The Bertz CT molecular complexity index is 730. The molecule has 0 aromatic carbocycles. The molecule has 1 fully saturated rings. The third kappa shape index (κ3) is 2.34. The van der Waals surface area contributed by atoms with Gasteiger partial charge >= 0.3 is 0 Å². The fraction of sp³-hybridized carbons (Fsp3) is 0.357. The second kappa shape index (κ2) is 5.14. The molecule has 0 atom stereocenters. The molecular weight excluding hydrogens is 273 g/mol. The maximum absolute atomic E-state index is 13.8. The molecule has 2 aromatic rings. The molecule has 7 heteroatoms. The average Bonchev–Trinajstić information content (AvgIpc) is 2.70. The van der Waals surface area contributed by atoms with Crippen molar-refractivity contribution in [2.75, 3.05) is 13.1 Å². The molecule has 6 nitrogen and oxygen atoms in total. The van der Waals surface area contributed by atoms with Crippen LogP contribution in [0.15, 0.2) is 12.3 Å². The molecule has 0 unspecified atom stereocenters. The van der Waals surface area contributed by atoms with Crippen molar-refractivity contribution in [2.45, 2.75) is 13.0 Å². The maximum Gasteiger partial charge on any atom is 0.183 e. The molecule has 0 radical (unpaired) electrons. The van der Waals surface area contributed by atoms with Crippen molar-refractivity contribution in [3.8, 4) is 23.2 Å². The summed E-state index contributed by atoms with van der Waals surface area (Å²) in [5.74, 6) is -0.338. The van der Waals surface area contributed by atoms with Gasteiger partial charge in [0.2, 0.25) is 0 Å². The summed E-state index contributed by atoms with van der Waals surface area (Å²) in [5, 5.41) is 16.4. The Morgan fingerprint density at radius 3 is 2.86 bits per heavy atom. The summed E-state index contributed by atoms with van der Waals surface area (Å²) >= 11 is 0. The fourth-order valence-corrected chi connectivity index (χ4v) is 2.19. The monoisotopic (exact) mass is 287 g/mol. The number of ether oxygens (including phenoxy) is 1. The molecule has 1 saturated heterocycles. The maximum atomic E-state index is 13.8. The summed E-state index contributed by atoms with van der Waals surface area (Å²) in [6.07, 6.45) is 1.10. The summed E-state index contributed by atoms with van der Waals surface area (Å²) in [5.41, 5.74) is 2.23. The van der Waals surface area contributed by atoms with E-state index in [0.717, 1.165) is 11.8 Å². The minimum absolute atomic E-state index is 0.0192. The molecule has 1 aliphatic heterocycles. The number of hydrogen-bond donors (Lipinski definition) is 1. The second-order valence-electron chi connectivity index (χ2n) is 4.96. The number of nitrogens with zero attached hydrogens (tertiary/aromatic N) is 4. The normalized spacial score (nSPS) is 14.6. The number of aryl methyl sites for hydroxylation is 1. The van der Waals surface area contributed by atoms with Crippen LogP contribution in [-0.2, 0) is 7.05 Å². The van der Waals surface area contributed by atoms with Gasteiger partial charge in [0.15, 0.2) is 11.6 Å². The van der Waals surface area contributed by atoms with E-state index in [1.165, 1.54) is 10.7 Å². The number of pyridine rings is 1. The van der Waals surface area contributed by atoms with E-state index in [4.69, 9.17) is 10.00 Å². The molecular formula is C14H14FN5O.